The van der Waals surface area contributed by atoms with Gasteiger partial charge in [-0.15, -0.1) is 0 Å². The van der Waals surface area contributed by atoms with E-state index in [1.165, 1.54) is 31.2 Å². The molecule has 0 aliphatic rings. The monoisotopic (exact) mass is 471 g/mol. The molecule has 0 saturated carbocycles. The number of anilines is 2. The summed E-state index contributed by atoms with van der Waals surface area (Å²) in [6, 6.07) is 11.5. The molecule has 2 rings (SSSR count). The number of nitrogens with one attached hydrogen (secondary N) is 2. The Morgan fingerprint density at radius 2 is 1.48 bits per heavy atom. The fourth-order valence-corrected chi connectivity index (χ4v) is 2.39. The maximum absolute atomic E-state index is 13.3. The minimum Gasteiger partial charge on any atom is -0.430 e. The molecule has 0 fully saturated rings. The van der Waals surface area contributed by atoms with Crippen LogP contribution in [0.2, 0.25) is 0 Å². The van der Waals surface area contributed by atoms with Crippen LogP contribution >= 0.6 is 0 Å². The lowest BCUT2D eigenvalue weighted by Gasteiger charge is -2.23. The molecule has 2 aromatic carbocycles. The smallest absolute Gasteiger partial charge is 0.430 e. The van der Waals surface area contributed by atoms with Crippen molar-refractivity contribution in [3.8, 4) is 11.8 Å². The van der Waals surface area contributed by atoms with Crippen molar-refractivity contribution in [2.75, 3.05) is 10.6 Å². The van der Waals surface area contributed by atoms with Gasteiger partial charge in [0.25, 0.3) is 12.1 Å². The molecule has 2 amide bonds. The summed E-state index contributed by atoms with van der Waals surface area (Å²) in [7, 11) is 0. The highest BCUT2D eigenvalue weighted by Crippen LogP contribution is 2.36. The molecule has 0 spiro atoms. The number of nitriles is 1. The second kappa shape index (κ2) is 10.1. The van der Waals surface area contributed by atoms with Crippen LogP contribution in [0.15, 0.2) is 54.1 Å². The van der Waals surface area contributed by atoms with E-state index in [2.05, 4.69) is 15.4 Å². The van der Waals surface area contributed by atoms with Gasteiger partial charge in [0, 0.05) is 18.3 Å². The Balaban J connectivity index is 2.09. The second-order valence-electron chi connectivity index (χ2n) is 6.52. The van der Waals surface area contributed by atoms with Gasteiger partial charge >= 0.3 is 12.3 Å². The van der Waals surface area contributed by atoms with Crippen molar-refractivity contribution < 1.29 is 40.7 Å². The Labute approximate surface area is 183 Å². The van der Waals surface area contributed by atoms with Gasteiger partial charge in [0.1, 0.15) is 17.4 Å². The Kier molecular flexibility index (Phi) is 7.71. The number of alkyl halides is 6. The fourth-order valence-electron chi connectivity index (χ4n) is 2.39. The van der Waals surface area contributed by atoms with Crippen molar-refractivity contribution in [3.63, 3.8) is 0 Å². The Morgan fingerprint density at radius 1 is 0.970 bits per heavy atom. The summed E-state index contributed by atoms with van der Waals surface area (Å²) >= 11 is 0. The lowest BCUT2D eigenvalue weighted by molar-refractivity contribution is -0.304. The average molecular weight is 471 g/mol. The summed E-state index contributed by atoms with van der Waals surface area (Å²) < 4.78 is 79.9. The highest BCUT2D eigenvalue weighted by Gasteiger charge is 2.59. The lowest BCUT2D eigenvalue weighted by Crippen LogP contribution is -2.45. The van der Waals surface area contributed by atoms with Gasteiger partial charge in [0.2, 0.25) is 5.91 Å². The summed E-state index contributed by atoms with van der Waals surface area (Å²) in [5.74, 6) is -1.85. The lowest BCUT2D eigenvalue weighted by atomic mass is 10.1. The molecule has 174 valence electrons. The number of amides is 2. The van der Waals surface area contributed by atoms with Gasteiger partial charge in [-0.05, 0) is 48.0 Å². The van der Waals surface area contributed by atoms with Crippen molar-refractivity contribution in [3.05, 3.63) is 59.7 Å². The van der Waals surface area contributed by atoms with Gasteiger partial charge < -0.3 is 15.4 Å². The minimum absolute atomic E-state index is 0.158. The zero-order valence-electron chi connectivity index (χ0n) is 16.7. The number of benzene rings is 2. The molecule has 2 N–H and O–H groups in total. The number of carbonyl (C=O) groups is 2. The van der Waals surface area contributed by atoms with Gasteiger partial charge in [-0.3, -0.25) is 9.59 Å². The van der Waals surface area contributed by atoms with E-state index >= 15 is 0 Å². The largest absolute Gasteiger partial charge is 0.439 e. The maximum Gasteiger partial charge on any atom is 0.439 e. The fraction of sp³-hybridized carbons (Fsp3) is 0.190. The van der Waals surface area contributed by atoms with E-state index in [1.54, 1.807) is 6.07 Å². The van der Waals surface area contributed by atoms with Crippen LogP contribution in [0.3, 0.4) is 0 Å². The molecular weight excluding hydrogens is 456 g/mol. The molecule has 0 heterocycles. The predicted octanol–water partition coefficient (Wildman–Crippen LogP) is 5.06. The number of halogens is 6. The zero-order chi connectivity index (χ0) is 24.8. The van der Waals surface area contributed by atoms with Crippen molar-refractivity contribution in [1.82, 2.24) is 0 Å². The molecule has 33 heavy (non-hydrogen) atoms. The van der Waals surface area contributed by atoms with Gasteiger partial charge in [0.05, 0.1) is 0 Å². The zero-order valence-corrected chi connectivity index (χ0v) is 16.7. The second-order valence-corrected chi connectivity index (χ2v) is 6.52. The van der Waals surface area contributed by atoms with Gasteiger partial charge in [-0.25, -0.2) is 4.39 Å². The predicted molar refractivity (Wildman–Crippen MR) is 106 cm³/mol. The molecule has 2 aromatic rings. The first-order chi connectivity index (χ1) is 15.3. The van der Waals surface area contributed by atoms with Gasteiger partial charge in [-0.2, -0.15) is 27.2 Å². The highest BCUT2D eigenvalue weighted by atomic mass is 19.4. The summed E-state index contributed by atoms with van der Waals surface area (Å²) in [4.78, 5) is 23.3. The summed E-state index contributed by atoms with van der Waals surface area (Å²) in [5, 5.41) is 14.2. The van der Waals surface area contributed by atoms with Crippen LogP contribution < -0.4 is 15.4 Å². The molecule has 0 aliphatic heterocycles. The third-order valence-corrected chi connectivity index (χ3v) is 3.86. The Hall–Kier alpha value is -4.01. The summed E-state index contributed by atoms with van der Waals surface area (Å²) in [6.45, 7) is 1.32. The first-order valence-corrected chi connectivity index (χ1v) is 9.00. The Bertz CT molecular complexity index is 1070. The van der Waals surface area contributed by atoms with E-state index in [-0.39, 0.29) is 17.0 Å². The quantitative estimate of drug-likeness (QED) is 0.336. The van der Waals surface area contributed by atoms with Crippen LogP contribution in [0.25, 0.3) is 6.08 Å². The van der Waals surface area contributed by atoms with Crippen LogP contribution in [0.1, 0.15) is 12.5 Å². The maximum atomic E-state index is 13.3. The SMILES string of the molecule is CC(=O)Nc1ccc(NC(=O)/C(C#N)=C/c2ccc(OC(F)(F)C(F)C(F)(F)F)cc2)cc1. The molecule has 0 aromatic heterocycles. The molecule has 12 heteroatoms. The molecule has 1 atom stereocenters. The third kappa shape index (κ3) is 7.27. The molecule has 6 nitrogen and oxygen atoms in total. The van der Waals surface area contributed by atoms with Gasteiger partial charge in [0.15, 0.2) is 0 Å². The Morgan fingerprint density at radius 3 is 1.94 bits per heavy atom. The number of nitrogens with zero attached hydrogens (tertiary/aromatic N) is 1. The van der Waals surface area contributed by atoms with E-state index in [9.17, 15) is 41.2 Å². The third-order valence-electron chi connectivity index (χ3n) is 3.86. The van der Waals surface area contributed by atoms with Crippen LogP contribution in [0, 0.1) is 11.3 Å². The summed E-state index contributed by atoms with van der Waals surface area (Å²) in [6.07, 6.45) is -14.4. The molecule has 0 saturated heterocycles. The first kappa shape index (κ1) is 25.3. The minimum atomic E-state index is -5.81. The van der Waals surface area contributed by atoms with Crippen LogP contribution in [-0.4, -0.2) is 30.3 Å². The van der Waals surface area contributed by atoms with Crippen LogP contribution in [-0.2, 0) is 9.59 Å². The van der Waals surface area contributed by atoms with E-state index in [0.717, 1.165) is 30.3 Å². The number of carbonyl (C=O) groups excluding carboxylic acids is 2. The van der Waals surface area contributed by atoms with E-state index in [0.29, 0.717) is 11.4 Å². The number of hydrogen-bond donors (Lipinski definition) is 2. The number of ether oxygens (including phenoxy) is 1. The topological polar surface area (TPSA) is 91.2 Å². The first-order valence-electron chi connectivity index (χ1n) is 9.00. The van der Waals surface area contributed by atoms with Crippen molar-refractivity contribution in [2.24, 2.45) is 0 Å². The molecule has 0 bridgehead atoms. The normalized spacial score (nSPS) is 13.0. The molecule has 0 aliphatic carbocycles. The van der Waals surface area contributed by atoms with E-state index in [1.807, 2.05) is 0 Å². The van der Waals surface area contributed by atoms with E-state index < -0.39 is 30.1 Å². The molecule has 1 unspecified atom stereocenters. The summed E-state index contributed by atoms with van der Waals surface area (Å²) in [5.41, 5.74) is 0.581. The van der Waals surface area contributed by atoms with Crippen LogP contribution in [0.5, 0.6) is 5.75 Å². The van der Waals surface area contributed by atoms with Crippen molar-refractivity contribution in [1.29, 1.82) is 5.26 Å². The standard InChI is InChI=1S/C21H15F6N3O3/c1-12(31)29-15-4-6-16(7-5-15)30-18(32)14(11-28)10-13-2-8-17(9-3-13)33-21(26,27)19(22)20(23,24)25/h2-10,19H,1H3,(H,29,31)(H,30,32)/b14-10+. The molecule has 0 radical (unpaired) electrons. The number of rotatable bonds is 7. The van der Waals surface area contributed by atoms with E-state index in [4.69, 9.17) is 0 Å². The van der Waals surface area contributed by atoms with Gasteiger partial charge in [-0.1, -0.05) is 12.1 Å². The van der Waals surface area contributed by atoms with Crippen molar-refractivity contribution >= 4 is 29.3 Å². The average Bonchev–Trinajstić information content (AvgIpc) is 2.72. The highest BCUT2D eigenvalue weighted by molar-refractivity contribution is 6.09. The van der Waals surface area contributed by atoms with Crippen molar-refractivity contribution in [2.45, 2.75) is 25.4 Å². The van der Waals surface area contributed by atoms with Crippen LogP contribution in [0.4, 0.5) is 37.7 Å². The molecular formula is C21H15F6N3O3. The number of hydrogen-bond acceptors (Lipinski definition) is 4.